The van der Waals surface area contributed by atoms with E-state index in [1.807, 2.05) is 36.6 Å². The summed E-state index contributed by atoms with van der Waals surface area (Å²) in [6, 6.07) is 7.60. The van der Waals surface area contributed by atoms with Crippen molar-refractivity contribution in [3.63, 3.8) is 0 Å². The van der Waals surface area contributed by atoms with E-state index < -0.39 is 0 Å². The fraction of sp³-hybridized carbons (Fsp3) is 0.278. The summed E-state index contributed by atoms with van der Waals surface area (Å²) in [6.07, 6.45) is 3.41. The number of nitrogens with zero attached hydrogens (tertiary/aromatic N) is 4. The number of allylic oxidation sites excluding steroid dienone is 1. The van der Waals surface area contributed by atoms with Crippen LogP contribution in [0.4, 0.5) is 0 Å². The highest BCUT2D eigenvalue weighted by Gasteiger charge is 2.14. The van der Waals surface area contributed by atoms with E-state index in [1.165, 1.54) is 11.3 Å². The molecule has 1 amide bonds. The van der Waals surface area contributed by atoms with E-state index in [2.05, 4.69) is 16.7 Å². The average Bonchev–Trinajstić information content (AvgIpc) is 3.20. The van der Waals surface area contributed by atoms with Crippen LogP contribution < -0.4 is 9.54 Å². The van der Waals surface area contributed by atoms with Gasteiger partial charge in [0.05, 0.1) is 17.3 Å². The second kappa shape index (κ2) is 7.06. The van der Waals surface area contributed by atoms with Crippen molar-refractivity contribution in [1.82, 2.24) is 14.3 Å². The average molecular weight is 356 g/mol. The molecule has 0 radical (unpaired) electrons. The summed E-state index contributed by atoms with van der Waals surface area (Å²) in [5, 5.41) is 4.20. The molecule has 7 heteroatoms. The van der Waals surface area contributed by atoms with Gasteiger partial charge in [-0.1, -0.05) is 17.4 Å². The second-order valence-corrected chi connectivity index (χ2v) is 6.80. The summed E-state index contributed by atoms with van der Waals surface area (Å²) in [5.41, 5.74) is 1.48. The molecule has 25 heavy (non-hydrogen) atoms. The third-order valence-corrected chi connectivity index (χ3v) is 4.82. The third-order valence-electron chi connectivity index (χ3n) is 3.78. The fourth-order valence-electron chi connectivity index (χ4n) is 2.61. The Morgan fingerprint density at radius 2 is 2.24 bits per heavy atom. The number of benzene rings is 1. The molecule has 2 heterocycles. The van der Waals surface area contributed by atoms with Crippen molar-refractivity contribution in [3.8, 4) is 5.75 Å². The van der Waals surface area contributed by atoms with Gasteiger partial charge in [-0.3, -0.25) is 9.48 Å². The van der Waals surface area contributed by atoms with Crippen LogP contribution in [-0.2, 0) is 6.54 Å². The number of methoxy groups -OCH3 is 1. The molecule has 1 aromatic carbocycles. The summed E-state index contributed by atoms with van der Waals surface area (Å²) in [5.74, 6) is 0.470. The van der Waals surface area contributed by atoms with Crippen LogP contribution in [0, 0.1) is 0 Å². The Morgan fingerprint density at radius 3 is 2.92 bits per heavy atom. The fourth-order valence-corrected chi connectivity index (χ4v) is 3.68. The number of carbonyl (C=O) groups excluding carboxylic acids is 1. The summed E-state index contributed by atoms with van der Waals surface area (Å²) in [4.78, 5) is 17.7. The second-order valence-electron chi connectivity index (χ2n) is 5.79. The van der Waals surface area contributed by atoms with Gasteiger partial charge in [-0.15, -0.1) is 6.58 Å². The Balaban J connectivity index is 2.14. The van der Waals surface area contributed by atoms with Crippen molar-refractivity contribution in [2.75, 3.05) is 7.11 Å². The number of hydrogen-bond donors (Lipinski definition) is 0. The van der Waals surface area contributed by atoms with Crippen molar-refractivity contribution in [2.45, 2.75) is 26.4 Å². The van der Waals surface area contributed by atoms with Gasteiger partial charge in [0, 0.05) is 18.8 Å². The molecule has 0 N–H and O–H groups in total. The number of fused-ring (bicyclic) bond motifs is 1. The molecule has 0 aliphatic carbocycles. The summed E-state index contributed by atoms with van der Waals surface area (Å²) >= 11 is 1.45. The largest absolute Gasteiger partial charge is 0.497 e. The summed E-state index contributed by atoms with van der Waals surface area (Å²) < 4.78 is 9.94. The van der Waals surface area contributed by atoms with E-state index in [9.17, 15) is 4.79 Å². The third kappa shape index (κ3) is 3.28. The molecular weight excluding hydrogens is 336 g/mol. The molecule has 0 unspecified atom stereocenters. The van der Waals surface area contributed by atoms with Gasteiger partial charge in [-0.2, -0.15) is 10.1 Å². The Morgan fingerprint density at radius 1 is 1.44 bits per heavy atom. The number of ether oxygens (including phenoxy) is 1. The molecule has 3 rings (SSSR count). The van der Waals surface area contributed by atoms with E-state index in [-0.39, 0.29) is 11.9 Å². The minimum atomic E-state index is -0.303. The highest BCUT2D eigenvalue weighted by atomic mass is 32.1. The number of aromatic nitrogens is 3. The lowest BCUT2D eigenvalue weighted by atomic mass is 10.3. The number of hydrogen-bond acceptors (Lipinski definition) is 4. The molecule has 3 aromatic rings. The van der Waals surface area contributed by atoms with E-state index in [0.717, 1.165) is 16.0 Å². The molecular formula is C18H20N4O2S. The van der Waals surface area contributed by atoms with Crippen LogP contribution in [0.3, 0.4) is 0 Å². The van der Waals surface area contributed by atoms with Gasteiger partial charge in [0.2, 0.25) is 0 Å². The Bertz CT molecular complexity index is 994. The van der Waals surface area contributed by atoms with Crippen molar-refractivity contribution >= 4 is 27.5 Å². The molecule has 6 nitrogen and oxygen atoms in total. The number of rotatable bonds is 5. The maximum absolute atomic E-state index is 12.7. The van der Waals surface area contributed by atoms with E-state index in [1.54, 1.807) is 30.1 Å². The lowest BCUT2D eigenvalue weighted by molar-refractivity contribution is 0.0986. The zero-order valence-electron chi connectivity index (χ0n) is 14.5. The first-order valence-electron chi connectivity index (χ1n) is 7.96. The molecule has 130 valence electrons. The number of carbonyl (C=O) groups is 1. The van der Waals surface area contributed by atoms with Crippen LogP contribution in [0.5, 0.6) is 5.75 Å². The van der Waals surface area contributed by atoms with Crippen LogP contribution in [0.15, 0.2) is 48.1 Å². The minimum absolute atomic E-state index is 0.0936. The molecule has 0 atom stereocenters. The van der Waals surface area contributed by atoms with Gasteiger partial charge in [0.15, 0.2) is 4.80 Å². The van der Waals surface area contributed by atoms with Crippen LogP contribution >= 0.6 is 11.3 Å². The van der Waals surface area contributed by atoms with Crippen molar-refractivity contribution < 1.29 is 9.53 Å². The van der Waals surface area contributed by atoms with Gasteiger partial charge < -0.3 is 9.30 Å². The molecule has 0 aliphatic heterocycles. The molecule has 0 saturated carbocycles. The van der Waals surface area contributed by atoms with Gasteiger partial charge >= 0.3 is 0 Å². The highest BCUT2D eigenvalue weighted by Crippen LogP contribution is 2.23. The maximum Gasteiger partial charge on any atom is 0.297 e. The quantitative estimate of drug-likeness (QED) is 0.658. The molecule has 0 bridgehead atoms. The Hall–Kier alpha value is -2.67. The predicted octanol–water partition coefficient (Wildman–Crippen LogP) is 3.42. The van der Waals surface area contributed by atoms with E-state index in [4.69, 9.17) is 4.74 Å². The smallest absolute Gasteiger partial charge is 0.297 e. The first-order valence-corrected chi connectivity index (χ1v) is 8.77. The summed E-state index contributed by atoms with van der Waals surface area (Å²) in [6.45, 7) is 8.33. The Labute approximate surface area is 149 Å². The zero-order valence-corrected chi connectivity index (χ0v) is 15.3. The van der Waals surface area contributed by atoms with Crippen molar-refractivity contribution in [2.24, 2.45) is 4.99 Å². The van der Waals surface area contributed by atoms with E-state index in [0.29, 0.717) is 17.0 Å². The van der Waals surface area contributed by atoms with E-state index >= 15 is 0 Å². The molecule has 0 aliphatic rings. The lowest BCUT2D eigenvalue weighted by Gasteiger charge is -2.07. The van der Waals surface area contributed by atoms with Gasteiger partial charge in [0.25, 0.3) is 5.91 Å². The normalized spacial score (nSPS) is 12.1. The van der Waals surface area contributed by atoms with Gasteiger partial charge in [-0.25, -0.2) is 0 Å². The molecule has 0 fully saturated rings. The molecule has 2 aromatic heterocycles. The predicted molar refractivity (Wildman–Crippen MR) is 99.1 cm³/mol. The minimum Gasteiger partial charge on any atom is -0.497 e. The van der Waals surface area contributed by atoms with Crippen LogP contribution in [0.25, 0.3) is 10.2 Å². The lowest BCUT2D eigenvalue weighted by Crippen LogP contribution is -2.18. The maximum atomic E-state index is 12.7. The topological polar surface area (TPSA) is 61.4 Å². The number of thiazole rings is 1. The summed E-state index contributed by atoms with van der Waals surface area (Å²) in [7, 11) is 1.63. The van der Waals surface area contributed by atoms with Crippen LogP contribution in [0.2, 0.25) is 0 Å². The molecule has 0 spiro atoms. The van der Waals surface area contributed by atoms with Gasteiger partial charge in [-0.05, 0) is 38.1 Å². The first-order chi connectivity index (χ1) is 12.0. The van der Waals surface area contributed by atoms with Crippen LogP contribution in [-0.4, -0.2) is 27.4 Å². The van der Waals surface area contributed by atoms with Crippen molar-refractivity contribution in [3.05, 3.63) is 53.6 Å². The first kappa shape index (κ1) is 17.2. The standard InChI is InChI=1S/C18H20N4O2S/c1-5-10-21-14-7-6-13(24-4)11-16(14)25-18(21)20-17(23)15-8-9-19-22(15)12(2)3/h5-9,11-12H,1,10H2,2-4H3. The monoisotopic (exact) mass is 356 g/mol. The number of amides is 1. The zero-order chi connectivity index (χ0) is 18.0. The van der Waals surface area contributed by atoms with Crippen molar-refractivity contribution in [1.29, 1.82) is 0 Å². The highest BCUT2D eigenvalue weighted by molar-refractivity contribution is 7.16. The Kier molecular flexibility index (Phi) is 4.85. The van der Waals surface area contributed by atoms with Gasteiger partial charge in [0.1, 0.15) is 11.4 Å². The van der Waals surface area contributed by atoms with Crippen LogP contribution in [0.1, 0.15) is 30.4 Å². The molecule has 0 saturated heterocycles. The SMILES string of the molecule is C=CCn1c(=NC(=O)c2ccnn2C(C)C)sc2cc(OC)ccc21.